The molecule has 21 heavy (non-hydrogen) atoms. The van der Waals surface area contributed by atoms with E-state index in [1.165, 1.54) is 11.8 Å². The van der Waals surface area contributed by atoms with Crippen molar-refractivity contribution in [2.75, 3.05) is 18.8 Å². The number of hydrogen-bond donors (Lipinski definition) is 1. The highest BCUT2D eigenvalue weighted by atomic mass is 32.2. The highest BCUT2D eigenvalue weighted by Gasteiger charge is 2.26. The third kappa shape index (κ3) is 2.93. The van der Waals surface area contributed by atoms with Crippen LogP contribution < -0.4 is 4.72 Å². The van der Waals surface area contributed by atoms with Gasteiger partial charge in [0.25, 0.3) is 15.9 Å². The molecule has 0 unspecified atom stereocenters. The highest BCUT2D eigenvalue weighted by Crippen LogP contribution is 2.26. The third-order valence-electron chi connectivity index (χ3n) is 2.88. The van der Waals surface area contributed by atoms with Crippen molar-refractivity contribution in [1.82, 2.24) is 9.27 Å². The summed E-state index contributed by atoms with van der Waals surface area (Å²) in [6, 6.07) is 0. The summed E-state index contributed by atoms with van der Waals surface area (Å²) < 4.78 is 36.3. The molecule has 0 saturated carbocycles. The molecule has 0 aliphatic rings. The number of sulfonamides is 1. The van der Waals surface area contributed by atoms with Crippen LogP contribution in [-0.2, 0) is 10.0 Å². The fourth-order valence-electron chi connectivity index (χ4n) is 1.67. The van der Waals surface area contributed by atoms with Gasteiger partial charge in [0.2, 0.25) is 0 Å². The second-order valence-electron chi connectivity index (χ2n) is 4.67. The molecule has 0 atom stereocenters. The molecule has 0 bridgehead atoms. The molecule has 2 heterocycles. The Balaban J connectivity index is 2.38. The molecule has 9 heteroatoms. The van der Waals surface area contributed by atoms with Gasteiger partial charge in [-0.1, -0.05) is 0 Å². The average Bonchev–Trinajstić information content (AvgIpc) is 2.95. The van der Waals surface area contributed by atoms with Crippen molar-refractivity contribution in [3.05, 3.63) is 28.7 Å². The van der Waals surface area contributed by atoms with E-state index in [2.05, 4.69) is 9.10 Å². The molecule has 0 aliphatic heterocycles. The average molecular weight is 329 g/mol. The molecule has 0 aliphatic carbocycles. The van der Waals surface area contributed by atoms with Crippen molar-refractivity contribution in [2.45, 2.75) is 18.7 Å². The summed E-state index contributed by atoms with van der Waals surface area (Å²) in [5, 5.41) is 1.61. The summed E-state index contributed by atoms with van der Waals surface area (Å²) in [6.07, 6.45) is 1.07. The van der Waals surface area contributed by atoms with Gasteiger partial charge in [0.15, 0.2) is 5.76 Å². The lowest BCUT2D eigenvalue weighted by Crippen LogP contribution is -2.22. The van der Waals surface area contributed by atoms with Gasteiger partial charge in [0.05, 0.1) is 11.4 Å². The largest absolute Gasteiger partial charge is 0.457 e. The molecule has 1 amide bonds. The zero-order valence-electron chi connectivity index (χ0n) is 12.0. The standard InChI is InChI=1S/C12H15N3O4S2/c1-7-10(5-19-11(7)12(16)15(3)4)21(17,18)14-9-6-20-13-8(9)2/h5-6,14H,1-4H3. The van der Waals surface area contributed by atoms with E-state index >= 15 is 0 Å². The summed E-state index contributed by atoms with van der Waals surface area (Å²) >= 11 is 1.16. The zero-order valence-corrected chi connectivity index (χ0v) is 13.6. The van der Waals surface area contributed by atoms with E-state index in [4.69, 9.17) is 4.42 Å². The lowest BCUT2D eigenvalue weighted by atomic mass is 10.2. The first-order valence-corrected chi connectivity index (χ1v) is 8.29. The number of aryl methyl sites for hydroxylation is 1. The predicted molar refractivity (Wildman–Crippen MR) is 79.1 cm³/mol. The number of nitrogens with one attached hydrogen (secondary N) is 1. The van der Waals surface area contributed by atoms with Crippen molar-refractivity contribution in [2.24, 2.45) is 0 Å². The third-order valence-corrected chi connectivity index (χ3v) is 5.07. The Hall–Kier alpha value is -1.87. The van der Waals surface area contributed by atoms with E-state index in [0.717, 1.165) is 17.8 Å². The first-order chi connectivity index (χ1) is 9.74. The zero-order chi connectivity index (χ0) is 15.8. The summed E-state index contributed by atoms with van der Waals surface area (Å²) in [5.74, 6) is -0.372. The van der Waals surface area contributed by atoms with Crippen LogP contribution in [0.3, 0.4) is 0 Å². The minimum absolute atomic E-state index is 0.0144. The van der Waals surface area contributed by atoms with Crippen LogP contribution in [0.5, 0.6) is 0 Å². The lowest BCUT2D eigenvalue weighted by molar-refractivity contribution is 0.0795. The van der Waals surface area contributed by atoms with Gasteiger partial charge in [-0.15, -0.1) is 0 Å². The molecule has 1 N–H and O–H groups in total. The number of aromatic nitrogens is 1. The van der Waals surface area contributed by atoms with E-state index < -0.39 is 10.0 Å². The Morgan fingerprint density at radius 2 is 2.05 bits per heavy atom. The van der Waals surface area contributed by atoms with Crippen LogP contribution in [0.1, 0.15) is 21.8 Å². The van der Waals surface area contributed by atoms with Crippen molar-refractivity contribution >= 4 is 33.2 Å². The molecule has 0 aromatic carbocycles. The van der Waals surface area contributed by atoms with Gasteiger partial charge in [0, 0.05) is 25.0 Å². The van der Waals surface area contributed by atoms with Crippen LogP contribution in [0.25, 0.3) is 0 Å². The molecule has 0 radical (unpaired) electrons. The van der Waals surface area contributed by atoms with Crippen LogP contribution in [-0.4, -0.2) is 37.7 Å². The monoisotopic (exact) mass is 329 g/mol. The summed E-state index contributed by atoms with van der Waals surface area (Å²) in [5.41, 5.74) is 1.29. The minimum Gasteiger partial charge on any atom is -0.457 e. The summed E-state index contributed by atoms with van der Waals surface area (Å²) in [7, 11) is -0.689. The van der Waals surface area contributed by atoms with E-state index in [1.807, 2.05) is 0 Å². The number of anilines is 1. The molecular weight excluding hydrogens is 314 g/mol. The molecule has 2 aromatic heterocycles. The van der Waals surface area contributed by atoms with Crippen LogP contribution >= 0.6 is 11.5 Å². The fourth-order valence-corrected chi connectivity index (χ4v) is 3.67. The van der Waals surface area contributed by atoms with Crippen LogP contribution in [0.4, 0.5) is 5.69 Å². The van der Waals surface area contributed by atoms with Gasteiger partial charge in [-0.25, -0.2) is 8.42 Å². The number of carbonyl (C=O) groups excluding carboxylic acids is 1. The van der Waals surface area contributed by atoms with Crippen molar-refractivity contribution in [3.63, 3.8) is 0 Å². The topological polar surface area (TPSA) is 92.5 Å². The highest BCUT2D eigenvalue weighted by molar-refractivity contribution is 7.92. The molecule has 2 aromatic rings. The predicted octanol–water partition coefficient (Wildman–Crippen LogP) is 1.86. The van der Waals surface area contributed by atoms with Crippen molar-refractivity contribution < 1.29 is 17.6 Å². The molecule has 2 rings (SSSR count). The maximum Gasteiger partial charge on any atom is 0.289 e. The maximum atomic E-state index is 12.4. The Labute approximate surface area is 126 Å². The quantitative estimate of drug-likeness (QED) is 0.924. The first-order valence-electron chi connectivity index (χ1n) is 5.97. The number of furan rings is 1. The molecule has 0 saturated heterocycles. The van der Waals surface area contributed by atoms with Gasteiger partial charge >= 0.3 is 0 Å². The number of nitrogens with zero attached hydrogens (tertiary/aromatic N) is 2. The Morgan fingerprint density at radius 3 is 2.57 bits per heavy atom. The van der Waals surface area contributed by atoms with E-state index in [-0.39, 0.29) is 22.1 Å². The molecule has 0 spiro atoms. The van der Waals surface area contributed by atoms with Gasteiger partial charge in [0.1, 0.15) is 11.2 Å². The Bertz CT molecular complexity index is 774. The van der Waals surface area contributed by atoms with Gasteiger partial charge in [-0.05, 0) is 25.4 Å². The van der Waals surface area contributed by atoms with Crippen molar-refractivity contribution in [3.8, 4) is 0 Å². The smallest absolute Gasteiger partial charge is 0.289 e. The minimum atomic E-state index is -3.82. The van der Waals surface area contributed by atoms with E-state index in [1.54, 1.807) is 26.4 Å². The number of amides is 1. The van der Waals surface area contributed by atoms with E-state index in [9.17, 15) is 13.2 Å². The first kappa shape index (κ1) is 15.5. The van der Waals surface area contributed by atoms with Gasteiger partial charge in [-0.3, -0.25) is 9.52 Å². The Kier molecular flexibility index (Phi) is 4.06. The second-order valence-corrected chi connectivity index (χ2v) is 6.95. The number of hydrogen-bond acceptors (Lipinski definition) is 6. The molecule has 114 valence electrons. The molecule has 7 nitrogen and oxygen atoms in total. The Morgan fingerprint density at radius 1 is 1.38 bits per heavy atom. The van der Waals surface area contributed by atoms with Crippen LogP contribution in [0.2, 0.25) is 0 Å². The summed E-state index contributed by atoms with van der Waals surface area (Å²) in [6.45, 7) is 3.24. The van der Waals surface area contributed by atoms with Crippen LogP contribution in [0.15, 0.2) is 21.0 Å². The molecular formula is C12H15N3O4S2. The number of carbonyl (C=O) groups is 1. The van der Waals surface area contributed by atoms with Gasteiger partial charge < -0.3 is 9.32 Å². The SMILES string of the molecule is Cc1nscc1NS(=O)(=O)c1coc(C(=O)N(C)C)c1C. The summed E-state index contributed by atoms with van der Waals surface area (Å²) in [4.78, 5) is 13.2. The van der Waals surface area contributed by atoms with Crippen molar-refractivity contribution in [1.29, 1.82) is 0 Å². The maximum absolute atomic E-state index is 12.4. The number of rotatable bonds is 4. The van der Waals surface area contributed by atoms with E-state index in [0.29, 0.717) is 11.4 Å². The molecule has 0 fully saturated rings. The second kappa shape index (κ2) is 5.49. The van der Waals surface area contributed by atoms with Gasteiger partial charge in [-0.2, -0.15) is 4.37 Å². The fraction of sp³-hybridized carbons (Fsp3) is 0.333. The lowest BCUT2D eigenvalue weighted by Gasteiger charge is -2.09. The normalized spacial score (nSPS) is 11.4. The van der Waals surface area contributed by atoms with Crippen LogP contribution in [0, 0.1) is 13.8 Å².